The highest BCUT2D eigenvalue weighted by molar-refractivity contribution is 5.91. The molecule has 2 aromatic carbocycles. The van der Waals surface area contributed by atoms with E-state index in [9.17, 15) is 18.0 Å². The topological polar surface area (TPSA) is 87.3 Å². The van der Waals surface area contributed by atoms with E-state index in [4.69, 9.17) is 8.83 Å². The predicted octanol–water partition coefficient (Wildman–Crippen LogP) is 5.94. The molecule has 7 nitrogen and oxygen atoms in total. The van der Waals surface area contributed by atoms with E-state index >= 15 is 0 Å². The van der Waals surface area contributed by atoms with Crippen LogP contribution in [0.25, 0.3) is 10.9 Å². The average molecular weight is 523 g/mol. The van der Waals surface area contributed by atoms with Gasteiger partial charge in [-0.1, -0.05) is 30.3 Å². The number of aromatic amines is 1. The van der Waals surface area contributed by atoms with Gasteiger partial charge in [0.05, 0.1) is 24.9 Å². The lowest BCUT2D eigenvalue weighted by Crippen LogP contribution is -2.26. The van der Waals surface area contributed by atoms with Crippen LogP contribution in [0.5, 0.6) is 0 Å². The molecule has 0 aliphatic rings. The Labute approximate surface area is 216 Å². The number of carbonyl (C=O) groups is 1. The molecule has 0 spiro atoms. The molecule has 0 aliphatic carbocycles. The minimum atomic E-state index is -4.39. The summed E-state index contributed by atoms with van der Waals surface area (Å²) >= 11 is 0. The molecule has 5 aromatic rings. The number of hydrogen-bond acceptors (Lipinski definition) is 5. The monoisotopic (exact) mass is 522 g/mol. The van der Waals surface area contributed by atoms with Gasteiger partial charge in [0.25, 0.3) is 5.91 Å². The van der Waals surface area contributed by atoms with Crippen LogP contribution < -0.4 is 5.32 Å². The summed E-state index contributed by atoms with van der Waals surface area (Å²) in [5, 5.41) is 3.84. The summed E-state index contributed by atoms with van der Waals surface area (Å²) in [6, 6.07) is 16.6. The fourth-order valence-electron chi connectivity index (χ4n) is 4.24. The summed E-state index contributed by atoms with van der Waals surface area (Å²) < 4.78 is 49.8. The van der Waals surface area contributed by atoms with Crippen molar-refractivity contribution in [3.05, 3.63) is 113 Å². The summed E-state index contributed by atoms with van der Waals surface area (Å²) in [6.45, 7) is 1.46. The molecule has 0 unspecified atom stereocenters. The van der Waals surface area contributed by atoms with Gasteiger partial charge in [-0.15, -0.1) is 0 Å². The Hall–Kier alpha value is -4.31. The molecule has 1 amide bonds. The van der Waals surface area contributed by atoms with Crippen molar-refractivity contribution in [2.45, 2.75) is 32.2 Å². The van der Waals surface area contributed by atoms with E-state index < -0.39 is 17.6 Å². The number of aromatic nitrogens is 2. The molecule has 10 heteroatoms. The number of halogens is 3. The third kappa shape index (κ3) is 6.15. The highest BCUT2D eigenvalue weighted by Crippen LogP contribution is 2.29. The van der Waals surface area contributed by atoms with Gasteiger partial charge >= 0.3 is 6.18 Å². The van der Waals surface area contributed by atoms with E-state index in [1.165, 1.54) is 24.7 Å². The van der Waals surface area contributed by atoms with Crippen LogP contribution in [0, 0.1) is 0 Å². The Morgan fingerprint density at radius 1 is 1.00 bits per heavy atom. The van der Waals surface area contributed by atoms with Crippen molar-refractivity contribution in [2.24, 2.45) is 0 Å². The van der Waals surface area contributed by atoms with Gasteiger partial charge in [0, 0.05) is 30.2 Å². The van der Waals surface area contributed by atoms with Crippen molar-refractivity contribution in [2.75, 3.05) is 6.54 Å². The largest absolute Gasteiger partial charge is 0.467 e. The first-order valence-corrected chi connectivity index (χ1v) is 12.0. The van der Waals surface area contributed by atoms with Gasteiger partial charge in [-0.2, -0.15) is 13.2 Å². The second kappa shape index (κ2) is 11.0. The van der Waals surface area contributed by atoms with Gasteiger partial charge in [-0.05, 0) is 47.9 Å². The van der Waals surface area contributed by atoms with Crippen molar-refractivity contribution in [1.82, 2.24) is 20.2 Å². The van der Waals surface area contributed by atoms with Crippen molar-refractivity contribution in [3.8, 4) is 0 Å². The second-order valence-electron chi connectivity index (χ2n) is 8.90. The lowest BCUT2D eigenvalue weighted by molar-refractivity contribution is -0.137. The van der Waals surface area contributed by atoms with Crippen LogP contribution in [0.2, 0.25) is 0 Å². The third-order valence-electron chi connectivity index (χ3n) is 6.21. The highest BCUT2D eigenvalue weighted by atomic mass is 19.4. The first-order valence-electron chi connectivity index (χ1n) is 12.0. The maximum atomic E-state index is 13.0. The van der Waals surface area contributed by atoms with Gasteiger partial charge in [-0.25, -0.2) is 4.98 Å². The van der Waals surface area contributed by atoms with Crippen molar-refractivity contribution < 1.29 is 26.8 Å². The first-order chi connectivity index (χ1) is 18.3. The number of carbonyl (C=O) groups excluding carboxylic acids is 1. The van der Waals surface area contributed by atoms with Crippen molar-refractivity contribution in [3.63, 3.8) is 0 Å². The summed E-state index contributed by atoms with van der Waals surface area (Å²) in [6.07, 6.45) is 1.09. The molecule has 0 saturated heterocycles. The average Bonchev–Trinajstić information content (AvgIpc) is 3.67. The number of nitrogens with one attached hydrogen (secondary N) is 2. The van der Waals surface area contributed by atoms with Crippen LogP contribution in [0.4, 0.5) is 13.2 Å². The quantitative estimate of drug-likeness (QED) is 0.237. The molecule has 3 aromatic heterocycles. The van der Waals surface area contributed by atoms with Gasteiger partial charge in [0.15, 0.2) is 5.69 Å². The first kappa shape index (κ1) is 25.3. The highest BCUT2D eigenvalue weighted by Gasteiger charge is 2.30. The number of benzene rings is 2. The molecule has 0 fully saturated rings. The predicted molar refractivity (Wildman–Crippen MR) is 134 cm³/mol. The Balaban J connectivity index is 1.29. The van der Waals surface area contributed by atoms with Crippen LogP contribution in [-0.4, -0.2) is 27.3 Å². The summed E-state index contributed by atoms with van der Waals surface area (Å²) in [5.41, 5.74) is 2.33. The smallest absolute Gasteiger partial charge is 0.416 e. The molecule has 5 rings (SSSR count). The molecule has 0 atom stereocenters. The maximum Gasteiger partial charge on any atom is 0.416 e. The molecular weight excluding hydrogens is 497 g/mol. The van der Waals surface area contributed by atoms with E-state index in [1.807, 2.05) is 35.4 Å². The molecule has 2 N–H and O–H groups in total. The standard InChI is InChI=1S/C28H25F3N4O3/c29-28(30,31)21-9-7-19(8-10-21)16-35(12-11-20-14-32-24-6-2-1-5-23(20)24)17-26-34-25(18-38-26)27(36)33-15-22-4-3-13-37-22/h1-10,13-14,18,32H,11-12,15-17H2,(H,33,36). The van der Waals surface area contributed by atoms with E-state index in [0.717, 1.165) is 34.2 Å². The molecule has 38 heavy (non-hydrogen) atoms. The van der Waals surface area contributed by atoms with E-state index in [1.54, 1.807) is 12.1 Å². The molecular formula is C28H25F3N4O3. The molecule has 196 valence electrons. The number of alkyl halides is 3. The SMILES string of the molecule is O=C(NCc1ccco1)c1coc(CN(CCc2c[nH]c3ccccc23)Cc2ccc(C(F)(F)F)cc2)n1. The number of hydrogen-bond donors (Lipinski definition) is 2. The van der Waals surface area contributed by atoms with Gasteiger partial charge in [0.2, 0.25) is 5.89 Å². The zero-order valence-electron chi connectivity index (χ0n) is 20.3. The van der Waals surface area contributed by atoms with Crippen LogP contribution >= 0.6 is 0 Å². The number of para-hydroxylation sites is 1. The second-order valence-corrected chi connectivity index (χ2v) is 8.90. The number of furan rings is 1. The van der Waals surface area contributed by atoms with E-state index in [0.29, 0.717) is 31.2 Å². The maximum absolute atomic E-state index is 13.0. The van der Waals surface area contributed by atoms with Gasteiger partial charge in [-0.3, -0.25) is 9.69 Å². The van der Waals surface area contributed by atoms with Crippen molar-refractivity contribution >= 4 is 16.8 Å². The minimum absolute atomic E-state index is 0.137. The summed E-state index contributed by atoms with van der Waals surface area (Å²) in [7, 11) is 0. The fourth-order valence-corrected chi connectivity index (χ4v) is 4.24. The summed E-state index contributed by atoms with van der Waals surface area (Å²) in [5.74, 6) is 0.547. The molecule has 0 bridgehead atoms. The number of H-pyrrole nitrogens is 1. The molecule has 0 saturated carbocycles. The minimum Gasteiger partial charge on any atom is -0.467 e. The Kier molecular flexibility index (Phi) is 7.32. The van der Waals surface area contributed by atoms with Gasteiger partial charge in [0.1, 0.15) is 12.0 Å². The third-order valence-corrected chi connectivity index (χ3v) is 6.21. The molecule has 0 aliphatic heterocycles. The number of nitrogens with zero attached hydrogens (tertiary/aromatic N) is 2. The van der Waals surface area contributed by atoms with Crippen LogP contribution in [0.1, 0.15) is 38.8 Å². The lowest BCUT2D eigenvalue weighted by atomic mass is 10.1. The van der Waals surface area contributed by atoms with Crippen LogP contribution in [0.3, 0.4) is 0 Å². The molecule has 0 radical (unpaired) electrons. The normalized spacial score (nSPS) is 11.9. The molecule has 3 heterocycles. The van der Waals surface area contributed by atoms with Crippen LogP contribution in [0.15, 0.2) is 88.2 Å². The summed E-state index contributed by atoms with van der Waals surface area (Å²) in [4.78, 5) is 22.1. The van der Waals surface area contributed by atoms with Crippen LogP contribution in [-0.2, 0) is 32.2 Å². The van der Waals surface area contributed by atoms with E-state index in [-0.39, 0.29) is 18.8 Å². The Bertz CT molecular complexity index is 1490. The number of oxazole rings is 1. The lowest BCUT2D eigenvalue weighted by Gasteiger charge is -2.21. The number of amides is 1. The fraction of sp³-hybridized carbons (Fsp3) is 0.214. The Morgan fingerprint density at radius 2 is 1.82 bits per heavy atom. The zero-order chi connectivity index (χ0) is 26.5. The number of fused-ring (bicyclic) bond motifs is 1. The number of rotatable bonds is 10. The van der Waals surface area contributed by atoms with Crippen molar-refractivity contribution in [1.29, 1.82) is 0 Å². The zero-order valence-corrected chi connectivity index (χ0v) is 20.3. The van der Waals surface area contributed by atoms with Gasteiger partial charge < -0.3 is 19.1 Å². The van der Waals surface area contributed by atoms with E-state index in [2.05, 4.69) is 15.3 Å². The Morgan fingerprint density at radius 3 is 2.58 bits per heavy atom.